The van der Waals surface area contributed by atoms with Crippen LogP contribution in [0, 0.1) is 0 Å². The Morgan fingerprint density at radius 2 is 1.71 bits per heavy atom. The highest BCUT2D eigenvalue weighted by molar-refractivity contribution is 9.11. The van der Waals surface area contributed by atoms with E-state index >= 15 is 0 Å². The van der Waals surface area contributed by atoms with E-state index in [0.717, 1.165) is 5.39 Å². The molecule has 1 amide bonds. The van der Waals surface area contributed by atoms with Crippen molar-refractivity contribution in [2.75, 3.05) is 14.2 Å². The number of methoxy groups -OCH3 is 2. The fraction of sp³-hybridized carbons (Fsp3) is 0.0645. The van der Waals surface area contributed by atoms with Crippen molar-refractivity contribution in [2.24, 2.45) is 5.10 Å². The summed E-state index contributed by atoms with van der Waals surface area (Å²) >= 11 is 13.4. The van der Waals surface area contributed by atoms with Gasteiger partial charge in [0.05, 0.1) is 36.0 Å². The molecule has 42 heavy (non-hydrogen) atoms. The van der Waals surface area contributed by atoms with E-state index in [0.29, 0.717) is 53.2 Å². The van der Waals surface area contributed by atoms with Gasteiger partial charge in [-0.05, 0) is 64.5 Å². The van der Waals surface area contributed by atoms with Gasteiger partial charge in [0.25, 0.3) is 5.91 Å². The van der Waals surface area contributed by atoms with E-state index in [1.807, 2.05) is 30.3 Å². The fourth-order valence-electron chi connectivity index (χ4n) is 4.35. The zero-order chi connectivity index (χ0) is 29.8. The van der Waals surface area contributed by atoms with Crippen molar-refractivity contribution in [1.29, 1.82) is 0 Å². The number of hydrogen-bond donors (Lipinski definition) is 2. The lowest BCUT2D eigenvalue weighted by Gasteiger charge is -2.11. The van der Waals surface area contributed by atoms with Crippen LogP contribution in [0.2, 0.25) is 5.02 Å². The van der Waals surface area contributed by atoms with E-state index in [2.05, 4.69) is 47.4 Å². The molecule has 1 aromatic heterocycles. The third-order valence-electron chi connectivity index (χ3n) is 6.31. The van der Waals surface area contributed by atoms with Gasteiger partial charge in [0.15, 0.2) is 5.75 Å². The van der Waals surface area contributed by atoms with Gasteiger partial charge in [-0.3, -0.25) is 4.79 Å². The van der Waals surface area contributed by atoms with Gasteiger partial charge in [0.2, 0.25) is 0 Å². The Morgan fingerprint density at radius 1 is 0.952 bits per heavy atom. The van der Waals surface area contributed by atoms with Crippen molar-refractivity contribution in [2.45, 2.75) is 0 Å². The lowest BCUT2D eigenvalue weighted by molar-refractivity contribution is 0.0732. The second-order valence-corrected chi connectivity index (χ2v) is 11.0. The Labute approximate surface area is 262 Å². The van der Waals surface area contributed by atoms with Crippen molar-refractivity contribution in [3.8, 4) is 28.4 Å². The van der Waals surface area contributed by atoms with Crippen LogP contribution in [0.5, 0.6) is 17.2 Å². The summed E-state index contributed by atoms with van der Waals surface area (Å²) in [7, 11) is 3.10. The molecule has 0 saturated carbocycles. The SMILES string of the molecule is COc1ccc(C(=O)Oc2c(Br)cc(Br)cc2C=NNC(=O)c2[nH]c3c(OC)cccc3c2-c2ccccc2Cl)cc1. The number of hydrazone groups is 1. The number of amides is 1. The highest BCUT2D eigenvalue weighted by atomic mass is 79.9. The van der Waals surface area contributed by atoms with Gasteiger partial charge in [-0.2, -0.15) is 5.10 Å². The predicted molar refractivity (Wildman–Crippen MR) is 170 cm³/mol. The average Bonchev–Trinajstić information content (AvgIpc) is 3.38. The number of hydrogen-bond acceptors (Lipinski definition) is 6. The molecule has 5 rings (SSSR count). The van der Waals surface area contributed by atoms with Crippen LogP contribution in [-0.4, -0.2) is 37.3 Å². The molecule has 0 saturated heterocycles. The fourth-order valence-corrected chi connectivity index (χ4v) is 5.92. The van der Waals surface area contributed by atoms with Crippen LogP contribution in [0.25, 0.3) is 22.0 Å². The Bertz CT molecular complexity index is 1840. The number of aromatic nitrogens is 1. The third-order valence-corrected chi connectivity index (χ3v) is 7.69. The predicted octanol–water partition coefficient (Wildman–Crippen LogP) is 8.01. The number of rotatable bonds is 8. The summed E-state index contributed by atoms with van der Waals surface area (Å²) in [5.41, 5.74) is 5.53. The van der Waals surface area contributed by atoms with E-state index in [-0.39, 0.29) is 11.4 Å². The minimum atomic E-state index is -0.573. The molecule has 2 N–H and O–H groups in total. The van der Waals surface area contributed by atoms with E-state index < -0.39 is 11.9 Å². The van der Waals surface area contributed by atoms with Crippen molar-refractivity contribution >= 4 is 72.5 Å². The molecule has 0 aliphatic heterocycles. The topological polar surface area (TPSA) is 102 Å². The van der Waals surface area contributed by atoms with Crippen LogP contribution in [0.15, 0.2) is 92.9 Å². The normalized spacial score (nSPS) is 11.1. The van der Waals surface area contributed by atoms with Crippen molar-refractivity contribution in [1.82, 2.24) is 10.4 Å². The Hall–Kier alpha value is -4.12. The molecule has 212 valence electrons. The number of halogens is 3. The maximum absolute atomic E-state index is 13.5. The van der Waals surface area contributed by atoms with Crippen LogP contribution in [0.3, 0.4) is 0 Å². The standard InChI is InChI=1S/C31H22Br2ClN3O5/c1-40-20-12-10-17(11-13-20)31(39)42-29-18(14-19(32)15-23(29)33)16-35-37-30(38)28-26(21-6-3-4-8-24(21)34)22-7-5-9-25(41-2)27(22)36-28/h3-16,36H,1-2H3,(H,37,38). The first kappa shape index (κ1) is 29.4. The van der Waals surface area contributed by atoms with Gasteiger partial charge in [-0.1, -0.05) is 57.9 Å². The van der Waals surface area contributed by atoms with Crippen LogP contribution < -0.4 is 19.6 Å². The number of H-pyrrole nitrogens is 1. The molecule has 0 radical (unpaired) electrons. The smallest absolute Gasteiger partial charge is 0.343 e. The van der Waals surface area contributed by atoms with E-state index in [1.54, 1.807) is 62.8 Å². The lowest BCUT2D eigenvalue weighted by atomic mass is 10.0. The molecule has 0 unspecified atom stereocenters. The maximum atomic E-state index is 13.5. The molecular formula is C31H22Br2ClN3O5. The lowest BCUT2D eigenvalue weighted by Crippen LogP contribution is -2.19. The number of ether oxygens (including phenoxy) is 3. The Balaban J connectivity index is 1.46. The van der Waals surface area contributed by atoms with E-state index in [1.165, 1.54) is 6.21 Å². The molecule has 8 nitrogen and oxygen atoms in total. The number of carbonyl (C=O) groups is 2. The first-order valence-corrected chi connectivity index (χ1v) is 14.4. The van der Waals surface area contributed by atoms with Gasteiger partial charge in [0.1, 0.15) is 17.2 Å². The zero-order valence-corrected chi connectivity index (χ0v) is 26.1. The first-order chi connectivity index (χ1) is 20.3. The average molecular weight is 712 g/mol. The maximum Gasteiger partial charge on any atom is 0.343 e. The summed E-state index contributed by atoms with van der Waals surface area (Å²) in [6.07, 6.45) is 1.39. The number of benzene rings is 4. The third kappa shape index (κ3) is 6.06. The quantitative estimate of drug-likeness (QED) is 0.0735. The Kier molecular flexibility index (Phi) is 8.96. The monoisotopic (exact) mass is 709 g/mol. The molecule has 0 bridgehead atoms. The summed E-state index contributed by atoms with van der Waals surface area (Å²) in [4.78, 5) is 29.5. The number of nitrogens with zero attached hydrogens (tertiary/aromatic N) is 1. The van der Waals surface area contributed by atoms with E-state index in [9.17, 15) is 9.59 Å². The molecule has 0 spiro atoms. The molecule has 11 heteroatoms. The van der Waals surface area contributed by atoms with Gasteiger partial charge in [-0.15, -0.1) is 0 Å². The second kappa shape index (κ2) is 12.8. The van der Waals surface area contributed by atoms with Gasteiger partial charge in [-0.25, -0.2) is 10.2 Å². The van der Waals surface area contributed by atoms with Crippen LogP contribution >= 0.6 is 43.5 Å². The second-order valence-electron chi connectivity index (χ2n) is 8.86. The summed E-state index contributed by atoms with van der Waals surface area (Å²) < 4.78 is 17.6. The molecule has 0 aliphatic rings. The van der Waals surface area contributed by atoms with Gasteiger partial charge in [0, 0.05) is 31.6 Å². The highest BCUT2D eigenvalue weighted by Gasteiger charge is 2.22. The van der Waals surface area contributed by atoms with Crippen molar-refractivity contribution < 1.29 is 23.8 Å². The van der Waals surface area contributed by atoms with Crippen molar-refractivity contribution in [3.05, 3.63) is 110 Å². The summed E-state index contributed by atoms with van der Waals surface area (Å²) in [5.74, 6) is 0.335. The molecule has 0 fully saturated rings. The number of aromatic amines is 1. The van der Waals surface area contributed by atoms with Crippen LogP contribution in [0.4, 0.5) is 0 Å². The van der Waals surface area contributed by atoms with E-state index in [4.69, 9.17) is 25.8 Å². The molecule has 5 aromatic rings. The van der Waals surface area contributed by atoms with Crippen LogP contribution in [-0.2, 0) is 0 Å². The van der Waals surface area contributed by atoms with Gasteiger partial charge < -0.3 is 19.2 Å². The largest absolute Gasteiger partial charge is 0.497 e. The summed E-state index contributed by atoms with van der Waals surface area (Å²) in [6, 6.07) is 22.8. The zero-order valence-electron chi connectivity index (χ0n) is 22.2. The minimum Gasteiger partial charge on any atom is -0.497 e. The number of nitrogens with one attached hydrogen (secondary N) is 2. The summed E-state index contributed by atoms with van der Waals surface area (Å²) in [6.45, 7) is 0. The number of carbonyl (C=O) groups excluding carboxylic acids is 2. The first-order valence-electron chi connectivity index (χ1n) is 12.4. The van der Waals surface area contributed by atoms with Crippen LogP contribution in [0.1, 0.15) is 26.4 Å². The molecular weight excluding hydrogens is 690 g/mol. The molecule has 0 aliphatic carbocycles. The summed E-state index contributed by atoms with van der Waals surface area (Å²) in [5, 5.41) is 5.43. The highest BCUT2D eigenvalue weighted by Crippen LogP contribution is 2.39. The molecule has 1 heterocycles. The number of fused-ring (bicyclic) bond motifs is 1. The molecule has 4 aromatic carbocycles. The Morgan fingerprint density at radius 3 is 2.43 bits per heavy atom. The van der Waals surface area contributed by atoms with Crippen molar-refractivity contribution in [3.63, 3.8) is 0 Å². The minimum absolute atomic E-state index is 0.226. The number of esters is 1. The molecule has 0 atom stereocenters. The number of para-hydroxylation sites is 1. The van der Waals surface area contributed by atoms with Gasteiger partial charge >= 0.3 is 5.97 Å².